The molecule has 0 bridgehead atoms. The zero-order valence-electron chi connectivity index (χ0n) is 22.2. The van der Waals surface area contributed by atoms with E-state index in [-0.39, 0.29) is 0 Å². The van der Waals surface area contributed by atoms with Crippen molar-refractivity contribution in [2.75, 3.05) is 33.9 Å². The molecule has 2 aromatic carbocycles. The number of hydrogen-bond donors (Lipinski definition) is 1. The van der Waals surface area contributed by atoms with Gasteiger partial charge in [-0.1, -0.05) is 48.0 Å². The highest BCUT2D eigenvalue weighted by molar-refractivity contribution is 9.10. The van der Waals surface area contributed by atoms with E-state index in [1.165, 1.54) is 0 Å². The van der Waals surface area contributed by atoms with E-state index < -0.39 is 0 Å². The summed E-state index contributed by atoms with van der Waals surface area (Å²) in [7, 11) is 3.26. The Labute approximate surface area is 246 Å². The number of ether oxygens (including phenoxy) is 2. The second kappa shape index (κ2) is 11.4. The summed E-state index contributed by atoms with van der Waals surface area (Å²) in [4.78, 5) is 18.7. The number of nitrogens with one attached hydrogen (secondary N) is 1. The van der Waals surface area contributed by atoms with E-state index in [4.69, 9.17) is 31.0 Å². The van der Waals surface area contributed by atoms with Crippen molar-refractivity contribution < 1.29 is 9.47 Å². The molecule has 0 spiro atoms. The molecule has 1 N–H and O–H groups in total. The summed E-state index contributed by atoms with van der Waals surface area (Å²) in [6.07, 6.45) is 1.99. The lowest BCUT2D eigenvalue weighted by Crippen LogP contribution is -2.20. The van der Waals surface area contributed by atoms with Crippen LogP contribution in [0.4, 0.5) is 0 Å². The number of nitrogens with zero attached hydrogens (tertiary/aromatic N) is 4. The second-order valence-electron chi connectivity index (χ2n) is 9.43. The average Bonchev–Trinajstić information content (AvgIpc) is 3.72. The van der Waals surface area contributed by atoms with Crippen molar-refractivity contribution in [3.63, 3.8) is 0 Å². The topological polar surface area (TPSA) is 81.0 Å². The van der Waals surface area contributed by atoms with Gasteiger partial charge in [0.25, 0.3) is 0 Å². The molecule has 4 heterocycles. The predicted molar refractivity (Wildman–Crippen MR) is 164 cm³/mol. The van der Waals surface area contributed by atoms with Crippen molar-refractivity contribution in [3.8, 4) is 45.4 Å². The second-order valence-corrected chi connectivity index (χ2v) is 10.6. The molecule has 0 radical (unpaired) electrons. The van der Waals surface area contributed by atoms with E-state index in [9.17, 15) is 0 Å². The standard InChI is InChI=1S/C31H27BrClN5O2/c1-39-30-22(24-10-5-15-34-24)11-13-26(38-30)21-9-4-7-19(28(21)33)18-6-3-8-20(27(18)32)25-14-12-23(31(37-25)40-2)29-35-16-17-36-29/h3-4,6-9,11-14H,5,10,15-17H2,1-2H3,(H,35,36). The zero-order chi connectivity index (χ0) is 27.6. The Bertz CT molecular complexity index is 1550. The molecule has 202 valence electrons. The quantitative estimate of drug-likeness (QED) is 0.246. The molecule has 0 atom stereocenters. The first kappa shape index (κ1) is 26.5. The Kier molecular flexibility index (Phi) is 7.54. The van der Waals surface area contributed by atoms with Crippen LogP contribution in [0.25, 0.3) is 33.6 Å². The summed E-state index contributed by atoms with van der Waals surface area (Å²) >= 11 is 10.9. The number of hydrogen-bond acceptors (Lipinski definition) is 7. The van der Waals surface area contributed by atoms with E-state index in [0.717, 1.165) is 93.3 Å². The molecule has 2 aromatic heterocycles. The minimum absolute atomic E-state index is 0.523. The summed E-state index contributed by atoms with van der Waals surface area (Å²) < 4.78 is 12.2. The Morgan fingerprint density at radius 2 is 1.38 bits per heavy atom. The maximum absolute atomic E-state index is 7.07. The average molecular weight is 617 g/mol. The number of pyridine rings is 2. The molecule has 2 aliphatic heterocycles. The van der Waals surface area contributed by atoms with E-state index in [1.807, 2.05) is 60.7 Å². The van der Waals surface area contributed by atoms with Crippen LogP contribution < -0.4 is 14.8 Å². The molecule has 6 rings (SSSR count). The van der Waals surface area contributed by atoms with Crippen LogP contribution in [0.5, 0.6) is 11.8 Å². The fourth-order valence-electron chi connectivity index (χ4n) is 5.11. The number of aliphatic imine (C=N–C) groups is 2. The number of amidine groups is 1. The molecule has 40 heavy (non-hydrogen) atoms. The Morgan fingerprint density at radius 3 is 2.05 bits per heavy atom. The lowest BCUT2D eigenvalue weighted by Gasteiger charge is -2.15. The van der Waals surface area contributed by atoms with Crippen LogP contribution in [-0.2, 0) is 0 Å². The van der Waals surface area contributed by atoms with Crippen LogP contribution >= 0.6 is 27.5 Å². The molecule has 0 aliphatic carbocycles. The van der Waals surface area contributed by atoms with E-state index >= 15 is 0 Å². The summed E-state index contributed by atoms with van der Waals surface area (Å²) in [5, 5.41) is 3.89. The summed E-state index contributed by atoms with van der Waals surface area (Å²) in [6.45, 7) is 2.41. The Morgan fingerprint density at radius 1 is 0.725 bits per heavy atom. The highest BCUT2D eigenvalue weighted by Crippen LogP contribution is 2.42. The Balaban J connectivity index is 1.39. The van der Waals surface area contributed by atoms with E-state index in [2.05, 4.69) is 31.2 Å². The molecule has 9 heteroatoms. The van der Waals surface area contributed by atoms with Gasteiger partial charge in [-0.3, -0.25) is 9.98 Å². The van der Waals surface area contributed by atoms with Gasteiger partial charge in [0, 0.05) is 40.0 Å². The third-order valence-electron chi connectivity index (χ3n) is 7.06. The van der Waals surface area contributed by atoms with Crippen LogP contribution in [0.2, 0.25) is 5.02 Å². The number of rotatable bonds is 7. The lowest BCUT2D eigenvalue weighted by molar-refractivity contribution is 0.397. The molecule has 0 saturated carbocycles. The normalized spacial score (nSPS) is 14.5. The molecule has 0 unspecified atom stereocenters. The van der Waals surface area contributed by atoms with Crippen LogP contribution in [-0.4, -0.2) is 55.4 Å². The van der Waals surface area contributed by atoms with Gasteiger partial charge < -0.3 is 14.8 Å². The lowest BCUT2D eigenvalue weighted by atomic mass is 9.98. The molecule has 0 saturated heterocycles. The van der Waals surface area contributed by atoms with Crippen LogP contribution in [0.15, 0.2) is 75.1 Å². The van der Waals surface area contributed by atoms with Gasteiger partial charge in [-0.15, -0.1) is 0 Å². The van der Waals surface area contributed by atoms with Gasteiger partial charge in [-0.05, 0) is 58.6 Å². The summed E-state index contributed by atoms with van der Waals surface area (Å²) in [6, 6.07) is 20.0. The summed E-state index contributed by atoms with van der Waals surface area (Å²) in [5.41, 5.74) is 7.92. The maximum Gasteiger partial charge on any atom is 0.224 e. The highest BCUT2D eigenvalue weighted by Gasteiger charge is 2.21. The van der Waals surface area contributed by atoms with Gasteiger partial charge in [-0.2, -0.15) is 0 Å². The zero-order valence-corrected chi connectivity index (χ0v) is 24.5. The number of methoxy groups -OCH3 is 2. The first-order valence-electron chi connectivity index (χ1n) is 13.1. The smallest absolute Gasteiger partial charge is 0.224 e. The number of aromatic nitrogens is 2. The largest absolute Gasteiger partial charge is 0.480 e. The SMILES string of the molecule is COc1nc(-c2cccc(-c3cccc(-c4ccc(C5=NCCN5)c(OC)n4)c3Br)c2Cl)ccc1C1=NCCC1. The molecule has 2 aliphatic rings. The fourth-order valence-corrected chi connectivity index (χ4v) is 6.11. The highest BCUT2D eigenvalue weighted by atomic mass is 79.9. The van der Waals surface area contributed by atoms with Gasteiger partial charge in [0.15, 0.2) is 0 Å². The first-order chi connectivity index (χ1) is 19.6. The van der Waals surface area contributed by atoms with Crippen molar-refractivity contribution in [2.24, 2.45) is 9.98 Å². The van der Waals surface area contributed by atoms with Crippen LogP contribution in [0.3, 0.4) is 0 Å². The van der Waals surface area contributed by atoms with Crippen LogP contribution in [0.1, 0.15) is 24.0 Å². The van der Waals surface area contributed by atoms with Crippen molar-refractivity contribution >= 4 is 39.1 Å². The predicted octanol–water partition coefficient (Wildman–Crippen LogP) is 6.84. The third-order valence-corrected chi connectivity index (χ3v) is 8.32. The minimum atomic E-state index is 0.523. The van der Waals surface area contributed by atoms with Crippen LogP contribution in [0, 0.1) is 0 Å². The number of halogens is 2. The molecule has 7 nitrogen and oxygen atoms in total. The van der Waals surface area contributed by atoms with Crippen molar-refractivity contribution in [1.29, 1.82) is 0 Å². The molecule has 4 aromatic rings. The van der Waals surface area contributed by atoms with Gasteiger partial charge in [0.1, 0.15) is 5.84 Å². The molecule has 0 fully saturated rings. The Hall–Kier alpha value is -3.75. The molecular formula is C31H27BrClN5O2. The van der Waals surface area contributed by atoms with E-state index in [0.29, 0.717) is 16.8 Å². The monoisotopic (exact) mass is 615 g/mol. The number of benzene rings is 2. The van der Waals surface area contributed by atoms with E-state index in [1.54, 1.807) is 14.2 Å². The van der Waals surface area contributed by atoms with Crippen molar-refractivity contribution in [3.05, 3.63) is 81.3 Å². The maximum atomic E-state index is 7.07. The summed E-state index contributed by atoms with van der Waals surface area (Å²) in [5.74, 6) is 1.89. The van der Waals surface area contributed by atoms with Gasteiger partial charge in [-0.25, -0.2) is 9.97 Å². The van der Waals surface area contributed by atoms with Gasteiger partial charge in [0.2, 0.25) is 11.8 Å². The fraction of sp³-hybridized carbons (Fsp3) is 0.226. The third kappa shape index (κ3) is 4.86. The van der Waals surface area contributed by atoms with Gasteiger partial charge in [0.05, 0.1) is 48.3 Å². The van der Waals surface area contributed by atoms with Crippen molar-refractivity contribution in [2.45, 2.75) is 12.8 Å². The van der Waals surface area contributed by atoms with Crippen molar-refractivity contribution in [1.82, 2.24) is 15.3 Å². The molecule has 0 amide bonds. The first-order valence-corrected chi connectivity index (χ1v) is 14.3. The molecular weight excluding hydrogens is 590 g/mol. The minimum Gasteiger partial charge on any atom is -0.480 e. The van der Waals surface area contributed by atoms with Gasteiger partial charge >= 0.3 is 0 Å².